The minimum atomic E-state index is -0.294. The lowest BCUT2D eigenvalue weighted by Gasteiger charge is -2.12. The number of pyridine rings is 1. The van der Waals surface area contributed by atoms with E-state index >= 15 is 0 Å². The van der Waals surface area contributed by atoms with Gasteiger partial charge in [0.2, 0.25) is 0 Å². The second-order valence-electron chi connectivity index (χ2n) is 3.94. The molecule has 2 aromatic rings. The number of carbonyl (C=O) groups is 1. The van der Waals surface area contributed by atoms with Crippen molar-refractivity contribution in [2.24, 2.45) is 7.05 Å². The highest BCUT2D eigenvalue weighted by atomic mass is 35.5. The number of anilines is 1. The summed E-state index contributed by atoms with van der Waals surface area (Å²) in [6.07, 6.45) is 1.58. The van der Waals surface area contributed by atoms with E-state index in [0.717, 1.165) is 0 Å². The topological polar surface area (TPSA) is 98.7 Å². The normalized spacial score (nSPS) is 10.9. The Balaban J connectivity index is 0.00000180. The SMILES string of the molecule is CC(NC(=O)c1cccc(N)n1)c1nncn1C.Cl.Cl. The molecule has 110 valence electrons. The van der Waals surface area contributed by atoms with Crippen LogP contribution in [-0.2, 0) is 7.05 Å². The number of nitrogens with two attached hydrogens (primary N) is 1. The van der Waals surface area contributed by atoms with Crippen molar-refractivity contribution in [1.82, 2.24) is 25.1 Å². The molecule has 0 aliphatic heterocycles. The first kappa shape index (κ1) is 18.1. The summed E-state index contributed by atoms with van der Waals surface area (Å²) in [5.74, 6) is 0.694. The number of aryl methyl sites for hydroxylation is 1. The average molecular weight is 319 g/mol. The van der Waals surface area contributed by atoms with E-state index in [1.807, 2.05) is 14.0 Å². The van der Waals surface area contributed by atoms with Crippen LogP contribution < -0.4 is 11.1 Å². The molecule has 0 aliphatic rings. The zero-order valence-corrected chi connectivity index (χ0v) is 12.6. The van der Waals surface area contributed by atoms with Gasteiger partial charge in [-0.3, -0.25) is 4.79 Å². The largest absolute Gasteiger partial charge is 0.384 e. The Labute approximate surface area is 128 Å². The minimum absolute atomic E-state index is 0. The molecule has 3 N–H and O–H groups in total. The molecule has 2 heterocycles. The summed E-state index contributed by atoms with van der Waals surface area (Å²) in [4.78, 5) is 15.9. The number of amides is 1. The van der Waals surface area contributed by atoms with Crippen LogP contribution in [0.5, 0.6) is 0 Å². The molecular weight excluding hydrogens is 303 g/mol. The molecule has 7 nitrogen and oxygen atoms in total. The van der Waals surface area contributed by atoms with E-state index in [0.29, 0.717) is 11.6 Å². The van der Waals surface area contributed by atoms with Crippen molar-refractivity contribution in [2.45, 2.75) is 13.0 Å². The standard InChI is InChI=1S/C11H14N6O.2ClH/c1-7(10-16-13-6-17(10)2)14-11(18)8-4-3-5-9(12)15-8;;/h3-7H,1-2H3,(H2,12,15)(H,14,18);2*1H. The van der Waals surface area contributed by atoms with Gasteiger partial charge in [0, 0.05) is 7.05 Å². The Morgan fingerprint density at radius 2 is 2.10 bits per heavy atom. The molecule has 0 radical (unpaired) electrons. The van der Waals surface area contributed by atoms with Crippen LogP contribution in [0.2, 0.25) is 0 Å². The lowest BCUT2D eigenvalue weighted by atomic mass is 10.2. The number of halogens is 2. The third-order valence-corrected chi connectivity index (χ3v) is 2.48. The number of aromatic nitrogens is 4. The molecule has 2 rings (SSSR count). The average Bonchev–Trinajstić information content (AvgIpc) is 2.75. The molecule has 20 heavy (non-hydrogen) atoms. The molecule has 0 saturated heterocycles. The van der Waals surface area contributed by atoms with Crippen molar-refractivity contribution in [3.8, 4) is 0 Å². The summed E-state index contributed by atoms with van der Waals surface area (Å²) in [6, 6.07) is 4.66. The van der Waals surface area contributed by atoms with Crippen molar-refractivity contribution < 1.29 is 4.79 Å². The maximum absolute atomic E-state index is 11.9. The van der Waals surface area contributed by atoms with Crippen LogP contribution in [0.15, 0.2) is 24.5 Å². The molecule has 1 amide bonds. The molecule has 1 atom stereocenters. The van der Waals surface area contributed by atoms with Gasteiger partial charge in [-0.25, -0.2) is 4.98 Å². The molecule has 0 bridgehead atoms. The fraction of sp³-hybridized carbons (Fsp3) is 0.273. The summed E-state index contributed by atoms with van der Waals surface area (Å²) < 4.78 is 1.75. The van der Waals surface area contributed by atoms with Crippen LogP contribution >= 0.6 is 24.8 Å². The molecule has 0 aliphatic carbocycles. The van der Waals surface area contributed by atoms with Gasteiger partial charge in [-0.2, -0.15) is 0 Å². The molecule has 2 aromatic heterocycles. The van der Waals surface area contributed by atoms with E-state index in [1.54, 1.807) is 29.1 Å². The number of nitrogens with one attached hydrogen (secondary N) is 1. The second-order valence-corrected chi connectivity index (χ2v) is 3.94. The molecule has 1 unspecified atom stereocenters. The molecule has 0 aromatic carbocycles. The minimum Gasteiger partial charge on any atom is -0.384 e. The van der Waals surface area contributed by atoms with Gasteiger partial charge >= 0.3 is 0 Å². The zero-order chi connectivity index (χ0) is 13.1. The van der Waals surface area contributed by atoms with Crippen LogP contribution in [0, 0.1) is 0 Å². The van der Waals surface area contributed by atoms with Gasteiger partial charge in [0.1, 0.15) is 17.8 Å². The van der Waals surface area contributed by atoms with Crippen LogP contribution in [0.1, 0.15) is 29.3 Å². The van der Waals surface area contributed by atoms with Crippen molar-refractivity contribution in [2.75, 3.05) is 5.73 Å². The zero-order valence-electron chi connectivity index (χ0n) is 11.0. The highest BCUT2D eigenvalue weighted by Crippen LogP contribution is 2.08. The number of hydrogen-bond donors (Lipinski definition) is 2. The van der Waals surface area contributed by atoms with E-state index in [2.05, 4.69) is 20.5 Å². The highest BCUT2D eigenvalue weighted by molar-refractivity contribution is 5.92. The van der Waals surface area contributed by atoms with Gasteiger partial charge in [-0.1, -0.05) is 6.07 Å². The van der Waals surface area contributed by atoms with Crippen LogP contribution in [0.3, 0.4) is 0 Å². The number of nitrogen functional groups attached to an aromatic ring is 1. The highest BCUT2D eigenvalue weighted by Gasteiger charge is 2.16. The van der Waals surface area contributed by atoms with Gasteiger partial charge in [0.25, 0.3) is 5.91 Å². The summed E-state index contributed by atoms with van der Waals surface area (Å²) in [6.45, 7) is 1.83. The van der Waals surface area contributed by atoms with E-state index < -0.39 is 0 Å². The monoisotopic (exact) mass is 318 g/mol. The van der Waals surface area contributed by atoms with E-state index in [9.17, 15) is 4.79 Å². The van der Waals surface area contributed by atoms with Crippen molar-refractivity contribution in [3.63, 3.8) is 0 Å². The lowest BCUT2D eigenvalue weighted by molar-refractivity contribution is 0.0933. The van der Waals surface area contributed by atoms with Gasteiger partial charge in [0.05, 0.1) is 6.04 Å². The van der Waals surface area contributed by atoms with Gasteiger partial charge in [0.15, 0.2) is 5.82 Å². The fourth-order valence-corrected chi connectivity index (χ4v) is 1.60. The Morgan fingerprint density at radius 1 is 1.40 bits per heavy atom. The van der Waals surface area contributed by atoms with Crippen molar-refractivity contribution in [1.29, 1.82) is 0 Å². The number of hydrogen-bond acceptors (Lipinski definition) is 5. The predicted molar refractivity (Wildman–Crippen MR) is 80.0 cm³/mol. The summed E-state index contributed by atoms with van der Waals surface area (Å²) in [5, 5.41) is 10.5. The summed E-state index contributed by atoms with van der Waals surface area (Å²) in [7, 11) is 1.82. The van der Waals surface area contributed by atoms with Crippen LogP contribution in [0.25, 0.3) is 0 Å². The third kappa shape index (κ3) is 4.07. The van der Waals surface area contributed by atoms with E-state index in [1.165, 1.54) is 0 Å². The molecule has 9 heteroatoms. The Kier molecular flexibility index (Phi) is 6.95. The number of carbonyl (C=O) groups excluding carboxylic acids is 1. The predicted octanol–water partition coefficient (Wildman–Crippen LogP) is 1.13. The first-order valence-corrected chi connectivity index (χ1v) is 5.45. The van der Waals surface area contributed by atoms with Gasteiger partial charge < -0.3 is 15.6 Å². The quantitative estimate of drug-likeness (QED) is 0.883. The number of nitrogens with zero attached hydrogens (tertiary/aromatic N) is 4. The van der Waals surface area contributed by atoms with Crippen molar-refractivity contribution in [3.05, 3.63) is 36.0 Å². The summed E-state index contributed by atoms with van der Waals surface area (Å²) in [5.41, 5.74) is 5.81. The maximum Gasteiger partial charge on any atom is 0.270 e. The van der Waals surface area contributed by atoms with Crippen LogP contribution in [-0.4, -0.2) is 25.7 Å². The van der Waals surface area contributed by atoms with Gasteiger partial charge in [-0.05, 0) is 19.1 Å². The van der Waals surface area contributed by atoms with E-state index in [-0.39, 0.29) is 42.5 Å². The maximum atomic E-state index is 11.9. The molecular formula is C11H16Cl2N6O. The Morgan fingerprint density at radius 3 is 2.65 bits per heavy atom. The fourth-order valence-electron chi connectivity index (χ4n) is 1.60. The second kappa shape index (κ2) is 7.66. The smallest absolute Gasteiger partial charge is 0.270 e. The molecule has 0 saturated carbocycles. The number of rotatable bonds is 3. The van der Waals surface area contributed by atoms with E-state index in [4.69, 9.17) is 5.73 Å². The summed E-state index contributed by atoms with van der Waals surface area (Å²) >= 11 is 0. The lowest BCUT2D eigenvalue weighted by Crippen LogP contribution is -2.29. The molecule has 0 fully saturated rings. The Hall–Kier alpha value is -1.86. The molecule has 0 spiro atoms. The van der Waals surface area contributed by atoms with Crippen molar-refractivity contribution >= 4 is 36.5 Å². The third-order valence-electron chi connectivity index (χ3n) is 2.48. The van der Waals surface area contributed by atoms with Gasteiger partial charge in [-0.15, -0.1) is 35.0 Å². The Bertz CT molecular complexity index is 574. The van der Waals surface area contributed by atoms with Crippen LogP contribution in [0.4, 0.5) is 5.82 Å². The first-order chi connectivity index (χ1) is 8.58. The first-order valence-electron chi connectivity index (χ1n) is 5.45.